The maximum Gasteiger partial charge on any atom is 0.243 e. The van der Waals surface area contributed by atoms with Gasteiger partial charge in [-0.2, -0.15) is 0 Å². The van der Waals surface area contributed by atoms with Crippen LogP contribution in [0.3, 0.4) is 0 Å². The fraction of sp³-hybridized carbons (Fsp3) is 0.438. The van der Waals surface area contributed by atoms with Crippen molar-refractivity contribution in [1.82, 2.24) is 25.6 Å². The first kappa shape index (κ1) is 15.5. The van der Waals surface area contributed by atoms with Gasteiger partial charge in [0.25, 0.3) is 0 Å². The molecule has 0 unspecified atom stereocenters. The van der Waals surface area contributed by atoms with Gasteiger partial charge in [0.2, 0.25) is 5.91 Å². The summed E-state index contributed by atoms with van der Waals surface area (Å²) >= 11 is 0. The molecule has 1 atom stereocenters. The van der Waals surface area contributed by atoms with Crippen LogP contribution >= 0.6 is 0 Å². The summed E-state index contributed by atoms with van der Waals surface area (Å²) in [6.07, 6.45) is 5.20. The van der Waals surface area contributed by atoms with Crippen LogP contribution in [0.2, 0.25) is 0 Å². The van der Waals surface area contributed by atoms with E-state index in [0.717, 1.165) is 48.7 Å². The molecule has 0 bridgehead atoms. The highest BCUT2D eigenvalue weighted by atomic mass is 16.2. The quantitative estimate of drug-likeness (QED) is 0.595. The van der Waals surface area contributed by atoms with Crippen molar-refractivity contribution in [3.63, 3.8) is 0 Å². The lowest BCUT2D eigenvalue weighted by Gasteiger charge is -2.22. The number of aromatic nitrogens is 3. The number of aromatic amines is 1. The van der Waals surface area contributed by atoms with E-state index >= 15 is 0 Å². The minimum absolute atomic E-state index is 0.0217. The van der Waals surface area contributed by atoms with Crippen molar-refractivity contribution in [3.8, 4) is 0 Å². The van der Waals surface area contributed by atoms with Gasteiger partial charge >= 0.3 is 0 Å². The molecule has 2 aromatic heterocycles. The number of hydrogen-bond acceptors (Lipinski definition) is 5. The zero-order valence-corrected chi connectivity index (χ0v) is 13.2. The third-order valence-electron chi connectivity index (χ3n) is 3.88. The number of fused-ring (bicyclic) bond motifs is 1. The summed E-state index contributed by atoms with van der Waals surface area (Å²) in [6.45, 7) is 4.18. The third-order valence-corrected chi connectivity index (χ3v) is 3.88. The van der Waals surface area contributed by atoms with Crippen LogP contribution in [0.1, 0.15) is 29.4 Å². The van der Waals surface area contributed by atoms with Gasteiger partial charge in [0.15, 0.2) is 0 Å². The first-order valence-electron chi connectivity index (χ1n) is 7.94. The standard InChI is InChI=1S/C16H22N6O/c1-11-3-4-13(20-9-11)17-6-2-7-19-16(23)15-14-12(5-8-18-15)21-10-22-14/h3-4,9-10,15,18H,2,5-8H2,1H3,(H,17,20)(H,19,23)(H,21,22)/t15-/m0/s1. The molecule has 0 fully saturated rings. The summed E-state index contributed by atoms with van der Waals surface area (Å²) in [6, 6.07) is 3.63. The number of hydrogen-bond donors (Lipinski definition) is 4. The molecule has 0 saturated heterocycles. The fourth-order valence-electron chi connectivity index (χ4n) is 2.63. The normalized spacial score (nSPS) is 16.7. The summed E-state index contributed by atoms with van der Waals surface area (Å²) in [4.78, 5) is 23.9. The molecule has 1 aliphatic rings. The van der Waals surface area contributed by atoms with Crippen LogP contribution in [-0.2, 0) is 11.2 Å². The highest BCUT2D eigenvalue weighted by Gasteiger charge is 2.27. The number of carbonyl (C=O) groups excluding carboxylic acids is 1. The van der Waals surface area contributed by atoms with E-state index in [2.05, 4.69) is 30.9 Å². The molecule has 3 rings (SSSR count). The molecule has 3 heterocycles. The average molecular weight is 314 g/mol. The number of H-pyrrole nitrogens is 1. The van der Waals surface area contributed by atoms with Crippen molar-refractivity contribution in [2.24, 2.45) is 0 Å². The van der Waals surface area contributed by atoms with E-state index in [1.54, 1.807) is 6.33 Å². The van der Waals surface area contributed by atoms with Crippen LogP contribution in [-0.4, -0.2) is 40.5 Å². The molecule has 4 N–H and O–H groups in total. The molecule has 1 aliphatic heterocycles. The Balaban J connectivity index is 1.39. The van der Waals surface area contributed by atoms with Gasteiger partial charge in [-0.3, -0.25) is 4.79 Å². The van der Waals surface area contributed by atoms with E-state index in [9.17, 15) is 4.79 Å². The van der Waals surface area contributed by atoms with Crippen LogP contribution in [0.15, 0.2) is 24.7 Å². The molecule has 2 aromatic rings. The van der Waals surface area contributed by atoms with Gasteiger partial charge in [0, 0.05) is 37.9 Å². The van der Waals surface area contributed by atoms with Crippen molar-refractivity contribution >= 4 is 11.7 Å². The number of nitrogens with one attached hydrogen (secondary N) is 4. The van der Waals surface area contributed by atoms with Crippen LogP contribution in [0, 0.1) is 6.92 Å². The Kier molecular flexibility index (Phi) is 4.87. The van der Waals surface area contributed by atoms with Crippen LogP contribution in [0.4, 0.5) is 5.82 Å². The number of anilines is 1. The zero-order chi connectivity index (χ0) is 16.1. The SMILES string of the molecule is Cc1ccc(NCCCNC(=O)[C@H]2NCCc3[nH]cnc32)nc1. The van der Waals surface area contributed by atoms with Gasteiger partial charge in [0.1, 0.15) is 11.9 Å². The van der Waals surface area contributed by atoms with Gasteiger partial charge in [-0.25, -0.2) is 9.97 Å². The van der Waals surface area contributed by atoms with Crippen LogP contribution < -0.4 is 16.0 Å². The number of nitrogens with zero attached hydrogens (tertiary/aromatic N) is 2. The molecule has 0 saturated carbocycles. The lowest BCUT2D eigenvalue weighted by atomic mass is 10.1. The van der Waals surface area contributed by atoms with E-state index in [4.69, 9.17) is 0 Å². The number of imidazole rings is 1. The van der Waals surface area contributed by atoms with E-state index in [-0.39, 0.29) is 11.9 Å². The number of rotatable bonds is 6. The van der Waals surface area contributed by atoms with Crippen LogP contribution in [0.5, 0.6) is 0 Å². The van der Waals surface area contributed by atoms with Gasteiger partial charge in [0.05, 0.1) is 12.0 Å². The number of aryl methyl sites for hydroxylation is 1. The minimum Gasteiger partial charge on any atom is -0.370 e. The molecule has 0 radical (unpaired) electrons. The molecular weight excluding hydrogens is 292 g/mol. The molecule has 7 heteroatoms. The molecule has 1 amide bonds. The Bertz CT molecular complexity index is 651. The Morgan fingerprint density at radius 3 is 3.09 bits per heavy atom. The van der Waals surface area contributed by atoms with Gasteiger partial charge < -0.3 is 20.9 Å². The Morgan fingerprint density at radius 1 is 1.35 bits per heavy atom. The van der Waals surface area contributed by atoms with Gasteiger partial charge in [-0.1, -0.05) is 6.07 Å². The molecule has 7 nitrogen and oxygen atoms in total. The Labute approximate surface area is 135 Å². The predicted molar refractivity (Wildman–Crippen MR) is 88.1 cm³/mol. The van der Waals surface area contributed by atoms with E-state index < -0.39 is 0 Å². The largest absolute Gasteiger partial charge is 0.370 e. The average Bonchev–Trinajstić information content (AvgIpc) is 3.04. The molecule has 0 aromatic carbocycles. The van der Waals surface area contributed by atoms with Crippen molar-refractivity contribution in [2.75, 3.05) is 25.0 Å². The van der Waals surface area contributed by atoms with E-state index in [1.807, 2.05) is 25.3 Å². The highest BCUT2D eigenvalue weighted by molar-refractivity contribution is 5.83. The molecular formula is C16H22N6O. The maximum atomic E-state index is 12.3. The fourth-order valence-corrected chi connectivity index (χ4v) is 2.63. The summed E-state index contributed by atoms with van der Waals surface area (Å²) in [5, 5.41) is 9.42. The maximum absolute atomic E-state index is 12.3. The molecule has 23 heavy (non-hydrogen) atoms. The Morgan fingerprint density at radius 2 is 2.26 bits per heavy atom. The predicted octanol–water partition coefficient (Wildman–Crippen LogP) is 0.918. The van der Waals surface area contributed by atoms with Crippen molar-refractivity contribution in [2.45, 2.75) is 25.8 Å². The molecule has 0 spiro atoms. The van der Waals surface area contributed by atoms with Crippen molar-refractivity contribution < 1.29 is 4.79 Å². The molecule has 122 valence electrons. The van der Waals surface area contributed by atoms with Gasteiger partial charge in [-0.15, -0.1) is 0 Å². The van der Waals surface area contributed by atoms with Crippen LogP contribution in [0.25, 0.3) is 0 Å². The minimum atomic E-state index is -0.350. The number of amides is 1. The van der Waals surface area contributed by atoms with Gasteiger partial charge in [-0.05, 0) is 25.0 Å². The first-order chi connectivity index (χ1) is 11.2. The van der Waals surface area contributed by atoms with E-state index in [1.165, 1.54) is 0 Å². The zero-order valence-electron chi connectivity index (χ0n) is 13.2. The van der Waals surface area contributed by atoms with Crippen molar-refractivity contribution in [3.05, 3.63) is 41.6 Å². The summed E-state index contributed by atoms with van der Waals surface area (Å²) < 4.78 is 0. The lowest BCUT2D eigenvalue weighted by Crippen LogP contribution is -2.42. The smallest absolute Gasteiger partial charge is 0.243 e. The third kappa shape index (κ3) is 3.87. The van der Waals surface area contributed by atoms with E-state index in [0.29, 0.717) is 6.54 Å². The second-order valence-corrected chi connectivity index (χ2v) is 5.70. The topological polar surface area (TPSA) is 94.7 Å². The number of carbonyl (C=O) groups is 1. The first-order valence-corrected chi connectivity index (χ1v) is 7.94. The second-order valence-electron chi connectivity index (χ2n) is 5.70. The lowest BCUT2D eigenvalue weighted by molar-refractivity contribution is -0.123. The van der Waals surface area contributed by atoms with Crippen molar-refractivity contribution in [1.29, 1.82) is 0 Å². The number of pyridine rings is 1. The molecule has 0 aliphatic carbocycles. The monoisotopic (exact) mass is 314 g/mol. The summed E-state index contributed by atoms with van der Waals surface area (Å²) in [5.74, 6) is 0.837. The Hall–Kier alpha value is -2.41. The summed E-state index contributed by atoms with van der Waals surface area (Å²) in [7, 11) is 0. The highest BCUT2D eigenvalue weighted by Crippen LogP contribution is 2.18. The summed E-state index contributed by atoms with van der Waals surface area (Å²) in [5.41, 5.74) is 3.01. The second kappa shape index (κ2) is 7.23.